The zero-order valence-corrected chi connectivity index (χ0v) is 17.6. The number of amides is 2. The topological polar surface area (TPSA) is 74.6 Å². The Balaban J connectivity index is 0.00000225. The number of piperidine rings is 2. The molecule has 0 aliphatic carbocycles. The molecule has 3 saturated heterocycles. The molecule has 4 heterocycles. The summed E-state index contributed by atoms with van der Waals surface area (Å²) in [5.41, 5.74) is 0.617. The lowest BCUT2D eigenvalue weighted by Crippen LogP contribution is -2.47. The summed E-state index contributed by atoms with van der Waals surface area (Å²) >= 11 is 0. The zero-order valence-electron chi connectivity index (χ0n) is 16.8. The van der Waals surface area contributed by atoms with Crippen molar-refractivity contribution in [2.75, 3.05) is 13.1 Å². The van der Waals surface area contributed by atoms with Crippen molar-refractivity contribution in [2.45, 2.75) is 76.9 Å². The molecule has 0 radical (unpaired) electrons. The Morgan fingerprint density at radius 3 is 2.36 bits per heavy atom. The third kappa shape index (κ3) is 4.71. The van der Waals surface area contributed by atoms with E-state index < -0.39 is 0 Å². The Kier molecular flexibility index (Phi) is 6.71. The van der Waals surface area contributed by atoms with Crippen LogP contribution >= 0.6 is 12.4 Å². The number of nitrogens with zero attached hydrogens (tertiary/aromatic N) is 1. The van der Waals surface area contributed by atoms with Crippen LogP contribution in [0.3, 0.4) is 0 Å². The van der Waals surface area contributed by atoms with Crippen LogP contribution < -0.4 is 10.6 Å². The zero-order chi connectivity index (χ0) is 19.0. The highest BCUT2D eigenvalue weighted by Gasteiger charge is 2.35. The van der Waals surface area contributed by atoms with Crippen LogP contribution in [0.1, 0.15) is 66.8 Å². The van der Waals surface area contributed by atoms with Crippen LogP contribution in [0.5, 0.6) is 0 Å². The van der Waals surface area contributed by atoms with Gasteiger partial charge in [-0.25, -0.2) is 0 Å². The number of nitrogens with one attached hydrogen (secondary N) is 2. The molecule has 3 aliphatic rings. The molecule has 28 heavy (non-hydrogen) atoms. The molecule has 3 aliphatic heterocycles. The number of carbonyl (C=O) groups excluding carboxylic acids is 2. The minimum absolute atomic E-state index is 0. The highest BCUT2D eigenvalue weighted by Crippen LogP contribution is 2.33. The molecule has 2 amide bonds. The predicted molar refractivity (Wildman–Crippen MR) is 110 cm³/mol. The van der Waals surface area contributed by atoms with Gasteiger partial charge in [-0.05, 0) is 64.4 Å². The Morgan fingerprint density at radius 2 is 1.79 bits per heavy atom. The SMILES string of the molecule is Cc1cc(C(=O)NC2CCN(C(=O)CC3CC4CCC(C3)N4)CC2)c(C)o1.Cl. The van der Waals surface area contributed by atoms with E-state index in [2.05, 4.69) is 10.6 Å². The van der Waals surface area contributed by atoms with Gasteiger partial charge >= 0.3 is 0 Å². The fraction of sp³-hybridized carbons (Fsp3) is 0.714. The number of hydrogen-bond acceptors (Lipinski definition) is 4. The van der Waals surface area contributed by atoms with E-state index >= 15 is 0 Å². The Morgan fingerprint density at radius 1 is 1.14 bits per heavy atom. The Hall–Kier alpha value is -1.53. The summed E-state index contributed by atoms with van der Waals surface area (Å²) in [6.07, 6.45) is 7.19. The molecule has 1 aromatic rings. The van der Waals surface area contributed by atoms with E-state index in [4.69, 9.17) is 4.42 Å². The van der Waals surface area contributed by atoms with Crippen LogP contribution in [-0.2, 0) is 4.79 Å². The third-order valence-electron chi connectivity index (χ3n) is 6.50. The molecule has 2 N–H and O–H groups in total. The summed E-state index contributed by atoms with van der Waals surface area (Å²) in [6.45, 7) is 5.15. The van der Waals surface area contributed by atoms with Crippen molar-refractivity contribution in [1.29, 1.82) is 0 Å². The molecular weight excluding hydrogens is 378 g/mol. The number of carbonyl (C=O) groups is 2. The molecule has 0 spiro atoms. The van der Waals surface area contributed by atoms with Crippen LogP contribution in [0.25, 0.3) is 0 Å². The minimum Gasteiger partial charge on any atom is -0.466 e. The van der Waals surface area contributed by atoms with Gasteiger partial charge in [-0.2, -0.15) is 0 Å². The first-order valence-corrected chi connectivity index (χ1v) is 10.4. The largest absolute Gasteiger partial charge is 0.466 e. The van der Waals surface area contributed by atoms with E-state index in [1.807, 2.05) is 18.7 Å². The van der Waals surface area contributed by atoms with E-state index in [1.165, 1.54) is 12.8 Å². The average molecular weight is 410 g/mol. The van der Waals surface area contributed by atoms with Gasteiger partial charge in [-0.1, -0.05) is 0 Å². The fourth-order valence-electron chi connectivity index (χ4n) is 5.11. The Labute approximate surface area is 173 Å². The van der Waals surface area contributed by atoms with Gasteiger partial charge in [0.1, 0.15) is 11.5 Å². The van der Waals surface area contributed by atoms with Crippen LogP contribution in [0, 0.1) is 19.8 Å². The normalized spacial score (nSPS) is 27.4. The second-order valence-corrected chi connectivity index (χ2v) is 8.63. The molecular formula is C21H32ClN3O3. The lowest BCUT2D eigenvalue weighted by Gasteiger charge is -2.34. The molecule has 6 nitrogen and oxygen atoms in total. The molecule has 3 fully saturated rings. The Bertz CT molecular complexity index is 700. The molecule has 0 aromatic carbocycles. The maximum absolute atomic E-state index is 12.7. The first-order valence-electron chi connectivity index (χ1n) is 10.4. The van der Waals surface area contributed by atoms with Crippen molar-refractivity contribution >= 4 is 24.2 Å². The summed E-state index contributed by atoms with van der Waals surface area (Å²) in [6, 6.07) is 3.19. The average Bonchev–Trinajstić information content (AvgIpc) is 3.16. The highest BCUT2D eigenvalue weighted by molar-refractivity contribution is 5.95. The third-order valence-corrected chi connectivity index (χ3v) is 6.50. The maximum atomic E-state index is 12.7. The van der Waals surface area contributed by atoms with E-state index in [9.17, 15) is 9.59 Å². The van der Waals surface area contributed by atoms with Crippen molar-refractivity contribution in [3.63, 3.8) is 0 Å². The van der Waals surface area contributed by atoms with Gasteiger partial charge in [0, 0.05) is 37.6 Å². The maximum Gasteiger partial charge on any atom is 0.255 e. The van der Waals surface area contributed by atoms with Crippen LogP contribution in [0.2, 0.25) is 0 Å². The van der Waals surface area contributed by atoms with Gasteiger partial charge in [0.15, 0.2) is 0 Å². The molecule has 7 heteroatoms. The quantitative estimate of drug-likeness (QED) is 0.801. The smallest absolute Gasteiger partial charge is 0.255 e. The van der Waals surface area contributed by atoms with E-state index in [0.29, 0.717) is 41.7 Å². The lowest BCUT2D eigenvalue weighted by atomic mass is 9.89. The molecule has 4 rings (SSSR count). The summed E-state index contributed by atoms with van der Waals surface area (Å²) in [5, 5.41) is 6.75. The van der Waals surface area contributed by atoms with Crippen molar-refractivity contribution in [3.8, 4) is 0 Å². The minimum atomic E-state index is -0.0701. The molecule has 2 unspecified atom stereocenters. The summed E-state index contributed by atoms with van der Waals surface area (Å²) < 4.78 is 5.45. The van der Waals surface area contributed by atoms with Gasteiger partial charge in [0.2, 0.25) is 5.91 Å². The number of halogens is 1. The standard InChI is InChI=1S/C21H31N3O3.ClH/c1-13-9-19(14(2)27-13)21(26)23-16-5-7-24(8-6-16)20(25)12-15-10-17-3-4-18(11-15)22-17;/h9,15-18,22H,3-8,10-12H2,1-2H3,(H,23,26);1H. The molecule has 2 atom stereocenters. The lowest BCUT2D eigenvalue weighted by molar-refractivity contribution is -0.133. The summed E-state index contributed by atoms with van der Waals surface area (Å²) in [4.78, 5) is 27.1. The van der Waals surface area contributed by atoms with Crippen molar-refractivity contribution in [3.05, 3.63) is 23.2 Å². The monoisotopic (exact) mass is 409 g/mol. The van der Waals surface area contributed by atoms with Gasteiger partial charge in [-0.15, -0.1) is 12.4 Å². The fourth-order valence-corrected chi connectivity index (χ4v) is 5.11. The van der Waals surface area contributed by atoms with E-state index in [1.54, 1.807) is 6.07 Å². The number of furan rings is 1. The number of rotatable bonds is 4. The molecule has 156 valence electrons. The van der Waals surface area contributed by atoms with Crippen LogP contribution in [0.15, 0.2) is 10.5 Å². The highest BCUT2D eigenvalue weighted by atomic mass is 35.5. The summed E-state index contributed by atoms with van der Waals surface area (Å²) in [7, 11) is 0. The van der Waals surface area contributed by atoms with Crippen molar-refractivity contribution in [2.24, 2.45) is 5.92 Å². The number of aryl methyl sites for hydroxylation is 2. The number of likely N-dealkylation sites (tertiary alicyclic amines) is 1. The van der Waals surface area contributed by atoms with Gasteiger partial charge in [-0.3, -0.25) is 9.59 Å². The number of fused-ring (bicyclic) bond motifs is 2. The van der Waals surface area contributed by atoms with Gasteiger partial charge in [0.05, 0.1) is 5.56 Å². The second-order valence-electron chi connectivity index (χ2n) is 8.63. The molecule has 2 bridgehead atoms. The van der Waals surface area contributed by atoms with Crippen molar-refractivity contribution < 1.29 is 14.0 Å². The predicted octanol–water partition coefficient (Wildman–Crippen LogP) is 2.96. The van der Waals surface area contributed by atoms with Crippen molar-refractivity contribution in [1.82, 2.24) is 15.5 Å². The molecule has 1 aromatic heterocycles. The van der Waals surface area contributed by atoms with E-state index in [0.717, 1.165) is 44.5 Å². The first kappa shape index (κ1) is 21.2. The number of hydrogen-bond donors (Lipinski definition) is 2. The molecule has 0 saturated carbocycles. The van der Waals surface area contributed by atoms with Crippen LogP contribution in [-0.4, -0.2) is 47.9 Å². The van der Waals surface area contributed by atoms with Crippen LogP contribution in [0.4, 0.5) is 0 Å². The first-order chi connectivity index (χ1) is 13.0. The van der Waals surface area contributed by atoms with Gasteiger partial charge < -0.3 is 20.0 Å². The summed E-state index contributed by atoms with van der Waals surface area (Å²) in [5.74, 6) is 2.19. The van der Waals surface area contributed by atoms with Gasteiger partial charge in [0.25, 0.3) is 5.91 Å². The van der Waals surface area contributed by atoms with E-state index in [-0.39, 0.29) is 24.4 Å². The second kappa shape index (κ2) is 8.87.